The van der Waals surface area contributed by atoms with Crippen molar-refractivity contribution >= 4 is 11.6 Å². The van der Waals surface area contributed by atoms with Crippen LogP contribution >= 0.6 is 0 Å². The summed E-state index contributed by atoms with van der Waals surface area (Å²) in [5.41, 5.74) is 6.79. The molecule has 0 bridgehead atoms. The molecule has 1 aromatic carbocycles. The van der Waals surface area contributed by atoms with Crippen molar-refractivity contribution < 1.29 is 14.3 Å². The average Bonchev–Trinajstić information content (AvgIpc) is 2.47. The molecule has 5 nitrogen and oxygen atoms in total. The lowest BCUT2D eigenvalue weighted by Crippen LogP contribution is -2.40. The predicted molar refractivity (Wildman–Crippen MR) is 77.9 cm³/mol. The number of nitrogens with two attached hydrogens (primary N) is 1. The zero-order chi connectivity index (χ0) is 14.5. The van der Waals surface area contributed by atoms with Crippen LogP contribution < -0.4 is 15.8 Å². The van der Waals surface area contributed by atoms with Crippen LogP contribution in [0.3, 0.4) is 0 Å². The Bertz CT molecular complexity index is 470. The van der Waals surface area contributed by atoms with Crippen molar-refractivity contribution in [3.63, 3.8) is 0 Å². The highest BCUT2D eigenvalue weighted by molar-refractivity contribution is 5.97. The number of carbonyl (C=O) groups is 1. The molecule has 110 valence electrons. The first-order valence-corrected chi connectivity index (χ1v) is 6.94. The number of amides is 1. The number of carbonyl (C=O) groups excluding carboxylic acids is 1. The Kier molecular flexibility index (Phi) is 4.84. The highest BCUT2D eigenvalue weighted by Crippen LogP contribution is 2.23. The van der Waals surface area contributed by atoms with Crippen LogP contribution in [-0.4, -0.2) is 32.3 Å². The molecule has 0 spiro atoms. The highest BCUT2D eigenvalue weighted by atomic mass is 16.5. The summed E-state index contributed by atoms with van der Waals surface area (Å²) in [6.07, 6.45) is 1.97. The Balaban J connectivity index is 2.03. The number of ether oxygens (including phenoxy) is 2. The second kappa shape index (κ2) is 6.61. The van der Waals surface area contributed by atoms with E-state index in [0.717, 1.165) is 26.1 Å². The third-order valence-electron chi connectivity index (χ3n) is 3.80. The molecule has 1 unspecified atom stereocenters. The summed E-state index contributed by atoms with van der Waals surface area (Å²) in [6.45, 7) is 3.59. The lowest BCUT2D eigenvalue weighted by molar-refractivity contribution is 0.0538. The first-order chi connectivity index (χ1) is 9.61. The van der Waals surface area contributed by atoms with Crippen LogP contribution in [0.2, 0.25) is 0 Å². The number of hydrogen-bond donors (Lipinski definition) is 2. The van der Waals surface area contributed by atoms with Gasteiger partial charge in [0.15, 0.2) is 0 Å². The van der Waals surface area contributed by atoms with Gasteiger partial charge >= 0.3 is 0 Å². The summed E-state index contributed by atoms with van der Waals surface area (Å²) in [5.74, 6) is 0.843. The van der Waals surface area contributed by atoms with E-state index in [2.05, 4.69) is 5.32 Å². The molecule has 20 heavy (non-hydrogen) atoms. The van der Waals surface area contributed by atoms with Gasteiger partial charge in [-0.15, -0.1) is 0 Å². The minimum atomic E-state index is -0.124. The van der Waals surface area contributed by atoms with Gasteiger partial charge in [-0.05, 0) is 37.8 Å². The standard InChI is InChI=1S/C15H22N2O3/c1-10(11-5-7-20-8-6-11)17-15(18)13-4-3-12(16)9-14(13)19-2/h3-4,9-11H,5-8,16H2,1-2H3,(H,17,18). The molecule has 1 aliphatic rings. The molecule has 5 heteroatoms. The fourth-order valence-corrected chi connectivity index (χ4v) is 2.51. The molecule has 1 atom stereocenters. The highest BCUT2D eigenvalue weighted by Gasteiger charge is 2.23. The van der Waals surface area contributed by atoms with Gasteiger partial charge in [0.2, 0.25) is 0 Å². The van der Waals surface area contributed by atoms with E-state index in [1.807, 2.05) is 6.92 Å². The van der Waals surface area contributed by atoms with Gasteiger partial charge in [-0.3, -0.25) is 4.79 Å². The predicted octanol–water partition coefficient (Wildman–Crippen LogP) is 1.82. The van der Waals surface area contributed by atoms with Crippen molar-refractivity contribution in [1.29, 1.82) is 0 Å². The molecule has 3 N–H and O–H groups in total. The van der Waals surface area contributed by atoms with Gasteiger partial charge in [-0.2, -0.15) is 0 Å². The van der Waals surface area contributed by atoms with Crippen LogP contribution in [-0.2, 0) is 4.74 Å². The molecule has 1 amide bonds. The summed E-state index contributed by atoms with van der Waals surface area (Å²) in [6, 6.07) is 5.18. The first kappa shape index (κ1) is 14.7. The summed E-state index contributed by atoms with van der Waals surface area (Å²) >= 11 is 0. The van der Waals surface area contributed by atoms with Crippen LogP contribution in [0.1, 0.15) is 30.1 Å². The van der Waals surface area contributed by atoms with E-state index in [1.54, 1.807) is 18.2 Å². The number of methoxy groups -OCH3 is 1. The Morgan fingerprint density at radius 2 is 2.15 bits per heavy atom. The first-order valence-electron chi connectivity index (χ1n) is 6.94. The van der Waals surface area contributed by atoms with Gasteiger partial charge in [0.25, 0.3) is 5.91 Å². The molecule has 2 rings (SSSR count). The zero-order valence-corrected chi connectivity index (χ0v) is 12.0. The SMILES string of the molecule is COc1cc(N)ccc1C(=O)NC(C)C1CCOCC1. The molecule has 0 saturated carbocycles. The fourth-order valence-electron chi connectivity index (χ4n) is 2.51. The molecule has 1 heterocycles. The zero-order valence-electron chi connectivity index (χ0n) is 12.0. The van der Waals surface area contributed by atoms with E-state index >= 15 is 0 Å². The number of anilines is 1. The minimum absolute atomic E-state index is 0.119. The van der Waals surface area contributed by atoms with Gasteiger partial charge in [-0.1, -0.05) is 0 Å². The maximum atomic E-state index is 12.3. The quantitative estimate of drug-likeness (QED) is 0.824. The second-order valence-corrected chi connectivity index (χ2v) is 5.17. The molecule has 1 fully saturated rings. The van der Waals surface area contributed by atoms with Crippen molar-refractivity contribution in [3.05, 3.63) is 23.8 Å². The van der Waals surface area contributed by atoms with Gasteiger partial charge in [0.05, 0.1) is 12.7 Å². The molecular formula is C15H22N2O3. The van der Waals surface area contributed by atoms with Crippen LogP contribution in [0, 0.1) is 5.92 Å². The van der Waals surface area contributed by atoms with Gasteiger partial charge < -0.3 is 20.5 Å². The summed E-state index contributed by atoms with van der Waals surface area (Å²) in [7, 11) is 1.54. The van der Waals surface area contributed by atoms with Crippen molar-refractivity contribution in [1.82, 2.24) is 5.32 Å². The Morgan fingerprint density at radius 1 is 1.45 bits per heavy atom. The maximum absolute atomic E-state index is 12.3. The van der Waals surface area contributed by atoms with Crippen molar-refractivity contribution in [3.8, 4) is 5.75 Å². The van der Waals surface area contributed by atoms with Crippen LogP contribution in [0.15, 0.2) is 18.2 Å². The topological polar surface area (TPSA) is 73.6 Å². The third-order valence-corrected chi connectivity index (χ3v) is 3.80. The lowest BCUT2D eigenvalue weighted by atomic mass is 9.92. The second-order valence-electron chi connectivity index (χ2n) is 5.17. The van der Waals surface area contributed by atoms with E-state index in [1.165, 1.54) is 7.11 Å². The van der Waals surface area contributed by atoms with Crippen LogP contribution in [0.4, 0.5) is 5.69 Å². The molecule has 0 aliphatic carbocycles. The monoisotopic (exact) mass is 278 g/mol. The number of benzene rings is 1. The Hall–Kier alpha value is -1.75. The normalized spacial score (nSPS) is 17.5. The van der Waals surface area contributed by atoms with Crippen molar-refractivity contribution in [2.75, 3.05) is 26.1 Å². The van der Waals surface area contributed by atoms with Crippen molar-refractivity contribution in [2.24, 2.45) is 5.92 Å². The van der Waals surface area contributed by atoms with E-state index in [0.29, 0.717) is 22.9 Å². The largest absolute Gasteiger partial charge is 0.496 e. The van der Waals surface area contributed by atoms with Crippen molar-refractivity contribution in [2.45, 2.75) is 25.8 Å². The fraction of sp³-hybridized carbons (Fsp3) is 0.533. The number of nitrogen functional groups attached to an aromatic ring is 1. The molecule has 0 aromatic heterocycles. The molecule has 1 aliphatic heterocycles. The minimum Gasteiger partial charge on any atom is -0.496 e. The Labute approximate surface area is 119 Å². The maximum Gasteiger partial charge on any atom is 0.255 e. The molecule has 0 radical (unpaired) electrons. The average molecular weight is 278 g/mol. The number of rotatable bonds is 4. The lowest BCUT2D eigenvalue weighted by Gasteiger charge is -2.28. The van der Waals surface area contributed by atoms with Crippen LogP contribution in [0.25, 0.3) is 0 Å². The number of hydrogen-bond acceptors (Lipinski definition) is 4. The molecular weight excluding hydrogens is 256 g/mol. The van der Waals surface area contributed by atoms with E-state index in [9.17, 15) is 4.79 Å². The third kappa shape index (κ3) is 3.42. The summed E-state index contributed by atoms with van der Waals surface area (Å²) in [5, 5.41) is 3.04. The van der Waals surface area contributed by atoms with Gasteiger partial charge in [0, 0.05) is 31.0 Å². The van der Waals surface area contributed by atoms with Gasteiger partial charge in [-0.25, -0.2) is 0 Å². The van der Waals surface area contributed by atoms with Crippen LogP contribution in [0.5, 0.6) is 5.75 Å². The summed E-state index contributed by atoms with van der Waals surface area (Å²) < 4.78 is 10.6. The van der Waals surface area contributed by atoms with E-state index < -0.39 is 0 Å². The van der Waals surface area contributed by atoms with E-state index in [4.69, 9.17) is 15.2 Å². The smallest absolute Gasteiger partial charge is 0.255 e. The van der Waals surface area contributed by atoms with Gasteiger partial charge in [0.1, 0.15) is 5.75 Å². The molecule has 1 saturated heterocycles. The summed E-state index contributed by atoms with van der Waals surface area (Å²) in [4.78, 5) is 12.3. The molecule has 1 aromatic rings. The Morgan fingerprint density at radius 3 is 2.80 bits per heavy atom. The number of nitrogens with one attached hydrogen (secondary N) is 1. The van der Waals surface area contributed by atoms with E-state index in [-0.39, 0.29) is 11.9 Å².